The van der Waals surface area contributed by atoms with Gasteiger partial charge in [0, 0.05) is 17.5 Å². The average molecular weight is 352 g/mol. The average Bonchev–Trinajstić information content (AvgIpc) is 3.09. The number of hydrogen-bond acceptors (Lipinski definition) is 4. The predicted molar refractivity (Wildman–Crippen MR) is 101 cm³/mol. The Labute approximate surface area is 151 Å². The third-order valence-electron chi connectivity index (χ3n) is 4.30. The number of phenolic OH excluding ortho intramolecular Hbond substituents is 1. The van der Waals surface area contributed by atoms with E-state index in [-0.39, 0.29) is 17.6 Å². The molecular weight excluding hydrogens is 332 g/mol. The maximum absolute atomic E-state index is 13.0. The van der Waals surface area contributed by atoms with Gasteiger partial charge in [-0.15, -0.1) is 11.3 Å². The molecule has 128 valence electrons. The number of thiazole rings is 1. The van der Waals surface area contributed by atoms with E-state index in [0.29, 0.717) is 5.13 Å². The summed E-state index contributed by atoms with van der Waals surface area (Å²) in [5.41, 5.74) is 1.17. The molecule has 1 amide bonds. The summed E-state index contributed by atoms with van der Waals surface area (Å²) in [4.78, 5) is 17.1. The molecule has 4 nitrogen and oxygen atoms in total. The number of benzene rings is 2. The van der Waals surface area contributed by atoms with Gasteiger partial charge >= 0.3 is 0 Å². The van der Waals surface area contributed by atoms with Gasteiger partial charge in [0.15, 0.2) is 5.13 Å². The highest BCUT2D eigenvalue weighted by atomic mass is 32.1. The first-order valence-corrected chi connectivity index (χ1v) is 8.91. The van der Waals surface area contributed by atoms with Gasteiger partial charge < -0.3 is 10.4 Å². The van der Waals surface area contributed by atoms with Gasteiger partial charge in [-0.1, -0.05) is 56.3 Å². The molecule has 0 radical (unpaired) electrons. The van der Waals surface area contributed by atoms with Crippen LogP contribution in [0.15, 0.2) is 66.2 Å². The zero-order chi connectivity index (χ0) is 17.9. The fourth-order valence-corrected chi connectivity index (χ4v) is 3.57. The second-order valence-electron chi connectivity index (χ2n) is 6.45. The topological polar surface area (TPSA) is 62.2 Å². The van der Waals surface area contributed by atoms with Crippen molar-refractivity contribution in [3.63, 3.8) is 0 Å². The molecule has 1 heterocycles. The number of phenols is 1. The Kier molecular flexibility index (Phi) is 4.86. The van der Waals surface area contributed by atoms with E-state index in [1.54, 1.807) is 24.4 Å². The Hall–Kier alpha value is -2.66. The highest BCUT2D eigenvalue weighted by Gasteiger charge is 2.39. The lowest BCUT2D eigenvalue weighted by molar-refractivity contribution is -0.124. The zero-order valence-electron chi connectivity index (χ0n) is 14.1. The first kappa shape index (κ1) is 17.2. The van der Waals surface area contributed by atoms with Crippen LogP contribution in [0.25, 0.3) is 0 Å². The van der Waals surface area contributed by atoms with E-state index in [2.05, 4.69) is 10.3 Å². The molecule has 3 rings (SSSR count). The molecule has 2 aromatic carbocycles. The minimum Gasteiger partial charge on any atom is -0.508 e. The molecular formula is C20H20N2O2S. The molecule has 25 heavy (non-hydrogen) atoms. The quantitative estimate of drug-likeness (QED) is 0.703. The van der Waals surface area contributed by atoms with Gasteiger partial charge in [-0.05, 0) is 23.3 Å². The minimum absolute atomic E-state index is 0.111. The minimum atomic E-state index is -0.749. The highest BCUT2D eigenvalue weighted by molar-refractivity contribution is 7.13. The van der Waals surface area contributed by atoms with Gasteiger partial charge in [-0.25, -0.2) is 4.98 Å². The molecule has 0 unspecified atom stereocenters. The Morgan fingerprint density at radius 2 is 1.84 bits per heavy atom. The Balaban J connectivity index is 2.02. The van der Waals surface area contributed by atoms with Crippen molar-refractivity contribution in [2.24, 2.45) is 5.41 Å². The van der Waals surface area contributed by atoms with Crippen LogP contribution >= 0.6 is 11.3 Å². The molecule has 5 heteroatoms. The van der Waals surface area contributed by atoms with Crippen molar-refractivity contribution in [3.05, 3.63) is 77.3 Å². The summed E-state index contributed by atoms with van der Waals surface area (Å²) in [5, 5.41) is 15.2. The molecule has 1 atom stereocenters. The fourth-order valence-electron chi connectivity index (χ4n) is 3.05. The second kappa shape index (κ2) is 7.07. The molecule has 3 aromatic rings. The number of amides is 1. The standard InChI is InChI=1S/C20H20N2O2S/c1-20(2,18(24)22-19-21-11-12-25-19)17(14-7-4-3-5-8-14)15-9-6-10-16(23)13-15/h3-13,17,23H,1-2H3,(H,21,22,24)/t17-/m0/s1. The van der Waals surface area contributed by atoms with Crippen LogP contribution in [0.3, 0.4) is 0 Å². The number of nitrogens with zero attached hydrogens (tertiary/aromatic N) is 1. The van der Waals surface area contributed by atoms with E-state index < -0.39 is 5.41 Å². The third-order valence-corrected chi connectivity index (χ3v) is 4.98. The molecule has 0 aliphatic carbocycles. The number of aromatic hydroxyl groups is 1. The second-order valence-corrected chi connectivity index (χ2v) is 7.35. The number of anilines is 1. The first-order chi connectivity index (χ1) is 12.0. The van der Waals surface area contributed by atoms with E-state index >= 15 is 0 Å². The Bertz CT molecular complexity index is 845. The Morgan fingerprint density at radius 1 is 1.12 bits per heavy atom. The maximum atomic E-state index is 13.0. The van der Waals surface area contributed by atoms with Crippen LogP contribution in [0, 0.1) is 5.41 Å². The number of nitrogens with one attached hydrogen (secondary N) is 1. The molecule has 0 bridgehead atoms. The van der Waals surface area contributed by atoms with Crippen LogP contribution in [0.4, 0.5) is 5.13 Å². The van der Waals surface area contributed by atoms with Gasteiger partial charge in [0.1, 0.15) is 5.75 Å². The summed E-state index contributed by atoms with van der Waals surface area (Å²) in [7, 11) is 0. The van der Waals surface area contributed by atoms with Crippen molar-refractivity contribution in [3.8, 4) is 5.75 Å². The van der Waals surface area contributed by atoms with Crippen LogP contribution in [0.1, 0.15) is 30.9 Å². The number of aromatic nitrogens is 1. The molecule has 2 N–H and O–H groups in total. The number of carbonyl (C=O) groups excluding carboxylic acids is 1. The van der Waals surface area contributed by atoms with E-state index in [9.17, 15) is 9.90 Å². The summed E-state index contributed by atoms with van der Waals surface area (Å²) < 4.78 is 0. The van der Waals surface area contributed by atoms with Crippen molar-refractivity contribution >= 4 is 22.4 Å². The lowest BCUT2D eigenvalue weighted by Crippen LogP contribution is -2.37. The van der Waals surface area contributed by atoms with Crippen molar-refractivity contribution in [1.29, 1.82) is 0 Å². The van der Waals surface area contributed by atoms with Crippen LogP contribution in [0.2, 0.25) is 0 Å². The van der Waals surface area contributed by atoms with Crippen molar-refractivity contribution < 1.29 is 9.90 Å². The molecule has 0 fully saturated rings. The van der Waals surface area contributed by atoms with Gasteiger partial charge in [0.25, 0.3) is 0 Å². The smallest absolute Gasteiger partial charge is 0.232 e. The van der Waals surface area contributed by atoms with Gasteiger partial charge in [-0.2, -0.15) is 0 Å². The normalized spacial score (nSPS) is 12.6. The molecule has 1 aromatic heterocycles. The largest absolute Gasteiger partial charge is 0.508 e. The maximum Gasteiger partial charge on any atom is 0.232 e. The van der Waals surface area contributed by atoms with E-state index in [1.807, 2.05) is 55.6 Å². The van der Waals surface area contributed by atoms with Crippen LogP contribution in [-0.4, -0.2) is 16.0 Å². The van der Waals surface area contributed by atoms with Gasteiger partial charge in [-0.3, -0.25) is 4.79 Å². The first-order valence-electron chi connectivity index (χ1n) is 8.03. The third kappa shape index (κ3) is 3.72. The van der Waals surface area contributed by atoms with Crippen molar-refractivity contribution in [2.45, 2.75) is 19.8 Å². The van der Waals surface area contributed by atoms with Crippen molar-refractivity contribution in [2.75, 3.05) is 5.32 Å². The summed E-state index contributed by atoms with van der Waals surface area (Å²) in [5.74, 6) is -0.130. The van der Waals surface area contributed by atoms with E-state index in [4.69, 9.17) is 0 Å². The number of rotatable bonds is 5. The van der Waals surface area contributed by atoms with E-state index in [1.165, 1.54) is 11.3 Å². The Morgan fingerprint density at radius 3 is 2.48 bits per heavy atom. The predicted octanol–water partition coefficient (Wildman–Crippen LogP) is 4.65. The van der Waals surface area contributed by atoms with Crippen LogP contribution in [-0.2, 0) is 4.79 Å². The number of carbonyl (C=O) groups is 1. The lowest BCUT2D eigenvalue weighted by atomic mass is 9.70. The van der Waals surface area contributed by atoms with Gasteiger partial charge in [0.05, 0.1) is 5.41 Å². The molecule has 0 saturated heterocycles. The molecule has 0 aliphatic rings. The van der Waals surface area contributed by atoms with Crippen LogP contribution in [0.5, 0.6) is 5.75 Å². The molecule has 0 aliphatic heterocycles. The lowest BCUT2D eigenvalue weighted by Gasteiger charge is -2.33. The SMILES string of the molecule is CC(C)(C(=O)Nc1nccs1)[C@@H](c1ccccc1)c1cccc(O)c1. The fraction of sp³-hybridized carbons (Fsp3) is 0.200. The zero-order valence-corrected chi connectivity index (χ0v) is 15.0. The summed E-state index contributed by atoms with van der Waals surface area (Å²) in [6.45, 7) is 3.83. The summed E-state index contributed by atoms with van der Waals surface area (Å²) in [6.07, 6.45) is 1.66. The molecule has 0 saturated carbocycles. The molecule has 0 spiro atoms. The summed E-state index contributed by atoms with van der Waals surface area (Å²) >= 11 is 1.39. The van der Waals surface area contributed by atoms with Crippen molar-refractivity contribution in [1.82, 2.24) is 4.98 Å². The number of hydrogen-bond donors (Lipinski definition) is 2. The highest BCUT2D eigenvalue weighted by Crippen LogP contribution is 2.42. The van der Waals surface area contributed by atoms with Gasteiger partial charge in [0.2, 0.25) is 5.91 Å². The van der Waals surface area contributed by atoms with Crippen LogP contribution < -0.4 is 5.32 Å². The summed E-state index contributed by atoms with van der Waals surface area (Å²) in [6, 6.07) is 17.0. The van der Waals surface area contributed by atoms with E-state index in [0.717, 1.165) is 11.1 Å². The monoisotopic (exact) mass is 352 g/mol.